The number of tetrazole rings is 1. The molecule has 0 atom stereocenters. The number of benzene rings is 1. The SMILES string of the molecule is Fc1ccc(C(=Cn2cnnn2)C(F)(F)c2cc(Br)ccn2)c(F)c1. The Bertz CT molecular complexity index is 927. The Labute approximate surface area is 147 Å². The van der Waals surface area contributed by atoms with Gasteiger partial charge < -0.3 is 0 Å². The first kappa shape index (κ1) is 17.2. The average Bonchev–Trinajstić information content (AvgIpc) is 3.06. The lowest BCUT2D eigenvalue weighted by Crippen LogP contribution is -2.19. The van der Waals surface area contributed by atoms with E-state index >= 15 is 8.78 Å². The predicted octanol–water partition coefficient (Wildman–Crippen LogP) is 3.90. The lowest BCUT2D eigenvalue weighted by molar-refractivity contribution is 0.0594. The van der Waals surface area contributed by atoms with Crippen molar-refractivity contribution in [2.75, 3.05) is 0 Å². The maximum atomic E-state index is 15.1. The summed E-state index contributed by atoms with van der Waals surface area (Å²) in [6.07, 6.45) is 3.10. The molecule has 1 aromatic carbocycles. The molecule has 0 radical (unpaired) electrons. The molecule has 0 aliphatic rings. The van der Waals surface area contributed by atoms with Crippen LogP contribution in [0.15, 0.2) is 47.3 Å². The summed E-state index contributed by atoms with van der Waals surface area (Å²) in [6.45, 7) is 0. The van der Waals surface area contributed by atoms with Gasteiger partial charge in [0.2, 0.25) is 0 Å². The third kappa shape index (κ3) is 3.58. The zero-order valence-electron chi connectivity index (χ0n) is 12.2. The first-order valence-electron chi connectivity index (χ1n) is 6.78. The number of hydrogen-bond donors (Lipinski definition) is 0. The van der Waals surface area contributed by atoms with Gasteiger partial charge in [-0.2, -0.15) is 8.78 Å². The number of alkyl halides is 2. The quantitative estimate of drug-likeness (QED) is 0.608. The molecular formula is C15H8BrF4N5. The van der Waals surface area contributed by atoms with E-state index in [0.29, 0.717) is 10.5 Å². The van der Waals surface area contributed by atoms with E-state index in [0.717, 1.165) is 35.4 Å². The minimum absolute atomic E-state index is 0.374. The summed E-state index contributed by atoms with van der Waals surface area (Å²) in [5, 5.41) is 10.2. The van der Waals surface area contributed by atoms with Crippen LogP contribution in [-0.2, 0) is 5.92 Å². The van der Waals surface area contributed by atoms with Gasteiger partial charge in [0.1, 0.15) is 23.7 Å². The Balaban J connectivity index is 2.20. The fourth-order valence-corrected chi connectivity index (χ4v) is 2.44. The zero-order chi connectivity index (χ0) is 18.0. The summed E-state index contributed by atoms with van der Waals surface area (Å²) in [4.78, 5) is 3.66. The van der Waals surface area contributed by atoms with Crippen molar-refractivity contribution < 1.29 is 17.6 Å². The smallest absolute Gasteiger partial charge is 0.254 e. The van der Waals surface area contributed by atoms with Crippen LogP contribution in [0.2, 0.25) is 0 Å². The highest BCUT2D eigenvalue weighted by Gasteiger charge is 2.40. The molecule has 0 unspecified atom stereocenters. The van der Waals surface area contributed by atoms with Crippen LogP contribution in [0.1, 0.15) is 11.3 Å². The molecular weight excluding hydrogens is 406 g/mol. The van der Waals surface area contributed by atoms with Crippen molar-refractivity contribution in [2.45, 2.75) is 5.92 Å². The van der Waals surface area contributed by atoms with E-state index in [1.165, 1.54) is 12.3 Å². The molecule has 0 N–H and O–H groups in total. The van der Waals surface area contributed by atoms with Gasteiger partial charge in [0.05, 0.1) is 5.57 Å². The third-order valence-corrected chi connectivity index (χ3v) is 3.72. The first-order chi connectivity index (χ1) is 11.9. The average molecular weight is 414 g/mol. The molecule has 2 heterocycles. The third-order valence-electron chi connectivity index (χ3n) is 3.23. The topological polar surface area (TPSA) is 56.5 Å². The summed E-state index contributed by atoms with van der Waals surface area (Å²) in [5.74, 6) is -5.73. The van der Waals surface area contributed by atoms with Crippen molar-refractivity contribution in [1.82, 2.24) is 25.2 Å². The van der Waals surface area contributed by atoms with Gasteiger partial charge in [-0.25, -0.2) is 13.5 Å². The van der Waals surface area contributed by atoms with Gasteiger partial charge in [-0.1, -0.05) is 15.9 Å². The molecule has 0 amide bonds. The number of aromatic nitrogens is 5. The van der Waals surface area contributed by atoms with Crippen LogP contribution in [0.5, 0.6) is 0 Å². The second-order valence-electron chi connectivity index (χ2n) is 4.89. The number of pyridine rings is 1. The summed E-state index contributed by atoms with van der Waals surface area (Å²) in [6, 6.07) is 4.91. The molecule has 0 spiro atoms. The van der Waals surface area contributed by atoms with E-state index in [1.807, 2.05) is 0 Å². The molecule has 0 aliphatic carbocycles. The summed E-state index contributed by atoms with van der Waals surface area (Å²) in [5.41, 5.74) is -1.89. The van der Waals surface area contributed by atoms with Gasteiger partial charge in [0.15, 0.2) is 0 Å². The van der Waals surface area contributed by atoms with E-state index in [2.05, 4.69) is 36.4 Å². The second-order valence-corrected chi connectivity index (χ2v) is 5.81. The zero-order valence-corrected chi connectivity index (χ0v) is 13.8. The second kappa shape index (κ2) is 6.71. The highest BCUT2D eigenvalue weighted by molar-refractivity contribution is 9.10. The number of nitrogens with zero attached hydrogens (tertiary/aromatic N) is 5. The van der Waals surface area contributed by atoms with E-state index < -0.39 is 34.4 Å². The van der Waals surface area contributed by atoms with Crippen molar-refractivity contribution in [3.8, 4) is 0 Å². The minimum Gasteiger partial charge on any atom is -0.254 e. The van der Waals surface area contributed by atoms with Gasteiger partial charge in [0.25, 0.3) is 0 Å². The predicted molar refractivity (Wildman–Crippen MR) is 84.2 cm³/mol. The monoisotopic (exact) mass is 413 g/mol. The summed E-state index contributed by atoms with van der Waals surface area (Å²) >= 11 is 3.09. The van der Waals surface area contributed by atoms with Crippen LogP contribution in [0.3, 0.4) is 0 Å². The Morgan fingerprint density at radius 1 is 1.16 bits per heavy atom. The number of rotatable bonds is 4. The van der Waals surface area contributed by atoms with Gasteiger partial charge >= 0.3 is 5.92 Å². The molecule has 3 rings (SSSR count). The van der Waals surface area contributed by atoms with Crippen LogP contribution in [0, 0.1) is 11.6 Å². The van der Waals surface area contributed by atoms with Crippen LogP contribution < -0.4 is 0 Å². The van der Waals surface area contributed by atoms with Gasteiger partial charge in [0, 0.05) is 28.5 Å². The van der Waals surface area contributed by atoms with E-state index in [4.69, 9.17) is 0 Å². The largest absolute Gasteiger partial charge is 0.317 e. The number of hydrogen-bond acceptors (Lipinski definition) is 4. The van der Waals surface area contributed by atoms with Gasteiger partial charge in [-0.05, 0) is 34.7 Å². The summed E-state index contributed by atoms with van der Waals surface area (Å²) in [7, 11) is 0. The summed E-state index contributed by atoms with van der Waals surface area (Å²) < 4.78 is 58.7. The molecule has 5 nitrogen and oxygen atoms in total. The molecule has 3 aromatic rings. The van der Waals surface area contributed by atoms with Crippen LogP contribution in [0.25, 0.3) is 11.8 Å². The lowest BCUT2D eigenvalue weighted by Gasteiger charge is -2.20. The molecule has 10 heteroatoms. The molecule has 0 aliphatic heterocycles. The van der Waals surface area contributed by atoms with E-state index in [-0.39, 0.29) is 0 Å². The van der Waals surface area contributed by atoms with Crippen molar-refractivity contribution in [1.29, 1.82) is 0 Å². The van der Waals surface area contributed by atoms with Gasteiger partial charge in [-0.15, -0.1) is 5.10 Å². The molecule has 128 valence electrons. The molecule has 0 saturated carbocycles. The van der Waals surface area contributed by atoms with Crippen LogP contribution in [-0.4, -0.2) is 25.2 Å². The molecule has 0 saturated heterocycles. The Morgan fingerprint density at radius 3 is 2.60 bits per heavy atom. The molecule has 25 heavy (non-hydrogen) atoms. The van der Waals surface area contributed by atoms with Crippen molar-refractivity contribution in [3.63, 3.8) is 0 Å². The molecule has 2 aromatic heterocycles. The molecule has 0 bridgehead atoms. The van der Waals surface area contributed by atoms with Crippen LogP contribution in [0.4, 0.5) is 17.6 Å². The number of allylic oxidation sites excluding steroid dienone is 1. The standard InChI is InChI=1S/C15H8BrF4N5/c16-9-3-4-21-14(5-9)15(19,20)12(7-25-8-22-23-24-25)11-2-1-10(17)6-13(11)18/h1-8H. The highest BCUT2D eigenvalue weighted by Crippen LogP contribution is 2.42. The van der Waals surface area contributed by atoms with E-state index in [9.17, 15) is 8.78 Å². The first-order valence-corrected chi connectivity index (χ1v) is 7.57. The lowest BCUT2D eigenvalue weighted by atomic mass is 9.97. The Morgan fingerprint density at radius 2 is 1.96 bits per heavy atom. The van der Waals surface area contributed by atoms with Crippen molar-refractivity contribution >= 4 is 27.7 Å². The maximum Gasteiger partial charge on any atom is 0.317 e. The fraction of sp³-hybridized carbons (Fsp3) is 0.0667. The Kier molecular flexibility index (Phi) is 4.62. The minimum atomic E-state index is -3.70. The van der Waals surface area contributed by atoms with Crippen molar-refractivity contribution in [2.24, 2.45) is 0 Å². The maximum absolute atomic E-state index is 15.1. The normalized spacial score (nSPS) is 12.4. The molecule has 0 fully saturated rings. The van der Waals surface area contributed by atoms with Gasteiger partial charge in [-0.3, -0.25) is 4.98 Å². The fourth-order valence-electron chi connectivity index (χ4n) is 2.10. The number of halogens is 5. The van der Waals surface area contributed by atoms with Crippen LogP contribution >= 0.6 is 15.9 Å². The highest BCUT2D eigenvalue weighted by atomic mass is 79.9. The van der Waals surface area contributed by atoms with Crippen molar-refractivity contribution in [3.05, 3.63) is 70.2 Å². The Hall–Kier alpha value is -2.62. The van der Waals surface area contributed by atoms with E-state index in [1.54, 1.807) is 0 Å².